The fraction of sp³-hybridized carbons (Fsp3) is 0.875. The van der Waals surface area contributed by atoms with Gasteiger partial charge in [0.15, 0.2) is 0 Å². The molecule has 6 nitrogen and oxygen atoms in total. The molecule has 0 rings (SSSR count). The van der Waals surface area contributed by atoms with Crippen molar-refractivity contribution in [2.45, 2.75) is 398 Å². The molecule has 0 heterocycles. The van der Waals surface area contributed by atoms with Gasteiger partial charge >= 0.3 is 0 Å². The number of rotatable bonds is 65. The smallest absolute Gasteiger partial charge is 0.249 e. The molecule has 0 spiro atoms. The van der Waals surface area contributed by atoms with Gasteiger partial charge in [0, 0.05) is 0 Å². The largest absolute Gasteiger partial charge is 0.394 e. The van der Waals surface area contributed by atoms with Gasteiger partial charge in [-0.15, -0.1) is 0 Å². The molecule has 0 fully saturated rings. The molecule has 0 aliphatic rings. The van der Waals surface area contributed by atoms with Crippen LogP contribution < -0.4 is 5.32 Å². The highest BCUT2D eigenvalue weighted by molar-refractivity contribution is 5.80. The predicted octanol–water partition coefficient (Wildman–Crippen LogP) is 21.7. The second kappa shape index (κ2) is 66.1. The molecule has 0 saturated carbocycles. The number of hydrogen-bond acceptors (Lipinski definition) is 5. The zero-order valence-electron chi connectivity index (χ0n) is 52.4. The van der Waals surface area contributed by atoms with Gasteiger partial charge < -0.3 is 25.7 Å². The number of aliphatic hydroxyl groups is 4. The van der Waals surface area contributed by atoms with E-state index in [0.29, 0.717) is 19.3 Å². The summed E-state index contributed by atoms with van der Waals surface area (Å²) in [5.41, 5.74) is 0. The van der Waals surface area contributed by atoms with Crippen LogP contribution in [0.25, 0.3) is 0 Å². The van der Waals surface area contributed by atoms with Gasteiger partial charge in [-0.2, -0.15) is 0 Å². The molecular weight excluding hydrogens is 959 g/mol. The molecule has 0 aromatic carbocycles. The maximum absolute atomic E-state index is 12.6. The fourth-order valence-electron chi connectivity index (χ4n) is 11.0. The topological polar surface area (TPSA) is 110 Å². The average molecular weight is 1100 g/mol. The lowest BCUT2D eigenvalue weighted by Crippen LogP contribution is -2.53. The predicted molar refractivity (Wildman–Crippen MR) is 343 cm³/mol. The van der Waals surface area contributed by atoms with Crippen LogP contribution in [0.5, 0.6) is 0 Å². The van der Waals surface area contributed by atoms with Gasteiger partial charge in [0.1, 0.15) is 12.2 Å². The third-order valence-corrected chi connectivity index (χ3v) is 16.5. The van der Waals surface area contributed by atoms with Crippen LogP contribution in [0.2, 0.25) is 0 Å². The Hall–Kier alpha value is -1.73. The summed E-state index contributed by atoms with van der Waals surface area (Å²) in [6.45, 7) is 4.08. The van der Waals surface area contributed by atoms with E-state index in [2.05, 4.69) is 67.8 Å². The monoisotopic (exact) mass is 1100 g/mol. The number of carbonyl (C=O) groups is 1. The van der Waals surface area contributed by atoms with Gasteiger partial charge in [-0.3, -0.25) is 4.79 Å². The standard InChI is InChI=1S/C72H137NO5/c1-3-5-7-9-11-13-15-17-19-21-23-25-27-29-30-31-32-33-34-35-36-37-38-39-40-41-42-44-46-48-50-52-54-56-58-60-62-64-66-70(76)72(78)73-68(67-74)71(77)69(75)65-63-61-59-57-55-53-51-49-47-45-43-28-26-24-22-20-18-16-14-12-10-8-6-4-2/h28,35-36,43,49,51,57,59,68-71,74-77H,3-27,29-34,37-42,44-48,50,52-56,58,60-67H2,1-2H3,(H,73,78)/b36-35-,43-28+,51-49+,59-57+. The minimum atomic E-state index is -1.30. The van der Waals surface area contributed by atoms with Crippen molar-refractivity contribution in [1.29, 1.82) is 0 Å². The fourth-order valence-corrected chi connectivity index (χ4v) is 11.0. The molecule has 0 aliphatic carbocycles. The maximum Gasteiger partial charge on any atom is 0.249 e. The molecule has 78 heavy (non-hydrogen) atoms. The molecule has 0 bridgehead atoms. The number of amides is 1. The summed E-state index contributed by atoms with van der Waals surface area (Å²) in [7, 11) is 0. The molecule has 5 N–H and O–H groups in total. The molecule has 1 amide bonds. The third kappa shape index (κ3) is 58.9. The molecule has 0 aromatic heterocycles. The first-order valence-electron chi connectivity index (χ1n) is 35.0. The average Bonchev–Trinajstić information content (AvgIpc) is 3.45. The Bertz CT molecular complexity index is 1280. The van der Waals surface area contributed by atoms with Crippen molar-refractivity contribution in [3.8, 4) is 0 Å². The first-order chi connectivity index (χ1) is 38.5. The highest BCUT2D eigenvalue weighted by Gasteiger charge is 2.28. The lowest BCUT2D eigenvalue weighted by molar-refractivity contribution is -0.132. The van der Waals surface area contributed by atoms with Crippen LogP contribution in [-0.2, 0) is 4.79 Å². The Morgan fingerprint density at radius 1 is 0.308 bits per heavy atom. The van der Waals surface area contributed by atoms with E-state index in [9.17, 15) is 25.2 Å². The van der Waals surface area contributed by atoms with E-state index in [-0.39, 0.29) is 0 Å². The summed E-state index contributed by atoms with van der Waals surface area (Å²) in [5.74, 6) is -0.595. The summed E-state index contributed by atoms with van der Waals surface area (Å²) in [6, 6.07) is -1.01. The van der Waals surface area contributed by atoms with E-state index in [1.807, 2.05) is 0 Å². The van der Waals surface area contributed by atoms with Gasteiger partial charge in [0.25, 0.3) is 0 Å². The molecule has 4 atom stereocenters. The summed E-state index contributed by atoms with van der Waals surface area (Å²) < 4.78 is 0. The van der Waals surface area contributed by atoms with Crippen LogP contribution in [0.15, 0.2) is 48.6 Å². The van der Waals surface area contributed by atoms with Gasteiger partial charge in [0.2, 0.25) is 5.91 Å². The molecule has 0 aliphatic heterocycles. The zero-order valence-corrected chi connectivity index (χ0v) is 52.4. The number of aliphatic hydroxyl groups excluding tert-OH is 4. The summed E-state index contributed by atoms with van der Waals surface area (Å²) in [5, 5.41) is 44.1. The van der Waals surface area contributed by atoms with E-state index >= 15 is 0 Å². The van der Waals surface area contributed by atoms with Crippen molar-refractivity contribution < 1.29 is 25.2 Å². The van der Waals surface area contributed by atoms with Gasteiger partial charge in [0.05, 0.1) is 18.8 Å². The third-order valence-electron chi connectivity index (χ3n) is 16.5. The Morgan fingerprint density at radius 2 is 0.538 bits per heavy atom. The zero-order chi connectivity index (χ0) is 56.6. The van der Waals surface area contributed by atoms with Crippen molar-refractivity contribution in [3.05, 3.63) is 48.6 Å². The number of nitrogens with one attached hydrogen (secondary N) is 1. The van der Waals surface area contributed by atoms with Gasteiger partial charge in [-0.05, 0) is 89.9 Å². The highest BCUT2D eigenvalue weighted by atomic mass is 16.3. The minimum Gasteiger partial charge on any atom is -0.394 e. The Morgan fingerprint density at radius 3 is 0.808 bits per heavy atom. The van der Waals surface area contributed by atoms with E-state index in [1.54, 1.807) is 0 Å². The van der Waals surface area contributed by atoms with Gasteiger partial charge in [-0.1, -0.05) is 332 Å². The van der Waals surface area contributed by atoms with E-state index < -0.39 is 36.9 Å². The SMILES string of the molecule is CCCCCCCCCCCCC/C=C/CC/C=C/CC/C=C/CCCC(O)C(O)C(CO)NC(=O)C(O)CCCCCCCCCCCCCCCCCC/C=C\CCCCCCCCCCCCCCCCCCCC. The lowest BCUT2D eigenvalue weighted by Gasteiger charge is -2.27. The number of unbranched alkanes of at least 4 members (excludes halogenated alkanes) is 48. The molecular formula is C72H137NO5. The normalized spacial score (nSPS) is 13.8. The molecule has 4 unspecified atom stereocenters. The van der Waals surface area contributed by atoms with E-state index in [1.165, 1.54) is 289 Å². The Balaban J connectivity index is 3.58. The number of hydrogen-bond donors (Lipinski definition) is 5. The highest BCUT2D eigenvalue weighted by Crippen LogP contribution is 2.19. The Kier molecular flexibility index (Phi) is 64.6. The molecule has 0 radical (unpaired) electrons. The first kappa shape index (κ1) is 76.3. The second-order valence-electron chi connectivity index (χ2n) is 24.2. The van der Waals surface area contributed by atoms with Crippen LogP contribution in [0.1, 0.15) is 373 Å². The molecule has 6 heteroatoms. The van der Waals surface area contributed by atoms with Crippen molar-refractivity contribution in [1.82, 2.24) is 5.32 Å². The van der Waals surface area contributed by atoms with E-state index in [4.69, 9.17) is 0 Å². The number of carbonyl (C=O) groups excluding carboxylic acids is 1. The van der Waals surface area contributed by atoms with Crippen molar-refractivity contribution in [2.24, 2.45) is 0 Å². The van der Waals surface area contributed by atoms with Gasteiger partial charge in [-0.25, -0.2) is 0 Å². The summed E-state index contributed by atoms with van der Waals surface area (Å²) in [6.07, 6.45) is 86.7. The summed E-state index contributed by atoms with van der Waals surface area (Å²) in [4.78, 5) is 12.6. The van der Waals surface area contributed by atoms with Crippen LogP contribution in [0.3, 0.4) is 0 Å². The molecule has 460 valence electrons. The van der Waals surface area contributed by atoms with Crippen molar-refractivity contribution in [3.63, 3.8) is 0 Å². The minimum absolute atomic E-state index is 0.360. The van der Waals surface area contributed by atoms with Crippen LogP contribution in [0.4, 0.5) is 0 Å². The Labute approximate surface area is 487 Å². The lowest BCUT2D eigenvalue weighted by atomic mass is 10.00. The van der Waals surface area contributed by atoms with E-state index in [0.717, 1.165) is 51.4 Å². The second-order valence-corrected chi connectivity index (χ2v) is 24.2. The van der Waals surface area contributed by atoms with Crippen molar-refractivity contribution in [2.75, 3.05) is 6.61 Å². The van der Waals surface area contributed by atoms with Crippen LogP contribution in [-0.4, -0.2) is 57.3 Å². The first-order valence-corrected chi connectivity index (χ1v) is 35.0. The summed E-state index contributed by atoms with van der Waals surface area (Å²) >= 11 is 0. The quantitative estimate of drug-likeness (QED) is 0.0308. The van der Waals surface area contributed by atoms with Crippen LogP contribution in [0, 0.1) is 0 Å². The number of allylic oxidation sites excluding steroid dienone is 8. The maximum atomic E-state index is 12.6. The molecule has 0 saturated heterocycles. The van der Waals surface area contributed by atoms with Crippen LogP contribution >= 0.6 is 0 Å². The van der Waals surface area contributed by atoms with Crippen molar-refractivity contribution >= 4 is 5.91 Å². The molecule has 0 aromatic rings.